The Bertz CT molecular complexity index is 154. The van der Waals surface area contributed by atoms with E-state index in [0.29, 0.717) is 0 Å². The standard InChI is InChI=1S/CH2N2.O5P2.Zn/c2-1-3;1-6(2)5-7(3)4;/h2H2;;/p+2. The van der Waals surface area contributed by atoms with E-state index >= 15 is 0 Å². The summed E-state index contributed by atoms with van der Waals surface area (Å²) >= 11 is 0. The molecule has 0 rings (SSSR count). The van der Waals surface area contributed by atoms with Gasteiger partial charge >= 0.3 is 16.5 Å². The van der Waals surface area contributed by atoms with E-state index in [1.54, 1.807) is 0 Å². The second-order valence-electron chi connectivity index (χ2n) is 0.686. The summed E-state index contributed by atoms with van der Waals surface area (Å²) in [6.07, 6.45) is 1.25. The Kier molecular flexibility index (Phi) is 19.8. The van der Waals surface area contributed by atoms with Crippen LogP contribution in [0.25, 0.3) is 0 Å². The van der Waals surface area contributed by atoms with Crippen molar-refractivity contribution in [2.24, 2.45) is 5.73 Å². The summed E-state index contributed by atoms with van der Waals surface area (Å²) < 4.78 is 22.2. The monoisotopic (exact) mass is 250 g/mol. The summed E-state index contributed by atoms with van der Waals surface area (Å²) in [5, 5.41) is 7.10. The van der Waals surface area contributed by atoms with Crippen molar-refractivity contribution in [3.63, 3.8) is 0 Å². The molecule has 0 radical (unpaired) electrons. The van der Waals surface area contributed by atoms with Gasteiger partial charge in [0.25, 0.3) is 0 Å². The van der Waals surface area contributed by atoms with E-state index in [9.17, 15) is 9.13 Å². The Morgan fingerprint density at radius 1 is 1.36 bits per heavy atom. The van der Waals surface area contributed by atoms with Crippen molar-refractivity contribution >= 4 is 16.5 Å². The maximum absolute atomic E-state index is 9.39. The molecule has 7 nitrogen and oxygen atoms in total. The van der Waals surface area contributed by atoms with Gasteiger partial charge in [-0.15, -0.1) is 9.79 Å². The zero-order valence-electron chi connectivity index (χ0n) is 5.25. The van der Waals surface area contributed by atoms with Crippen LogP contribution in [0.4, 0.5) is 0 Å². The minimum Gasteiger partial charge on any atom is -0.337 e. The van der Waals surface area contributed by atoms with Crippen molar-refractivity contribution in [2.45, 2.75) is 0 Å². The van der Waals surface area contributed by atoms with Crippen molar-refractivity contribution in [3.05, 3.63) is 0 Å². The van der Waals surface area contributed by atoms with E-state index in [4.69, 9.17) is 15.0 Å². The molecule has 0 aliphatic carbocycles. The van der Waals surface area contributed by atoms with Crippen molar-refractivity contribution in [1.82, 2.24) is 0 Å². The summed E-state index contributed by atoms with van der Waals surface area (Å²) in [5.41, 5.74) is 4.15. The Balaban J connectivity index is -0.000000140. The molecule has 58 valence electrons. The SMILES string of the molecule is N#CN.O=[P+](O)O[P+](=O)O.[Zn]. The predicted molar refractivity (Wildman–Crippen MR) is 30.5 cm³/mol. The molecule has 11 heavy (non-hydrogen) atoms. The summed E-state index contributed by atoms with van der Waals surface area (Å²) in [4.78, 5) is 15.3. The first-order valence-corrected chi connectivity index (χ1v) is 3.90. The fraction of sp³-hybridized carbons (Fsp3) is 0. The number of nitriles is 1. The molecule has 0 heterocycles. The quantitative estimate of drug-likeness (QED) is 0.266. The van der Waals surface area contributed by atoms with Gasteiger partial charge in [0, 0.05) is 28.6 Å². The molecule has 0 aromatic rings. The summed E-state index contributed by atoms with van der Waals surface area (Å²) in [7, 11) is -5.85. The molecule has 10 heteroatoms. The smallest absolute Gasteiger partial charge is 0.337 e. The average Bonchev–Trinajstić information content (AvgIpc) is 1.62. The molecule has 0 aliphatic heterocycles. The second kappa shape index (κ2) is 12.7. The van der Waals surface area contributed by atoms with Gasteiger partial charge < -0.3 is 5.73 Å². The minimum atomic E-state index is -2.92. The number of nitrogens with zero attached hydrogens (tertiary/aromatic N) is 1. The van der Waals surface area contributed by atoms with Gasteiger partial charge in [-0.1, -0.05) is 0 Å². The van der Waals surface area contributed by atoms with Crippen molar-refractivity contribution in [2.75, 3.05) is 0 Å². The van der Waals surface area contributed by atoms with E-state index in [-0.39, 0.29) is 19.5 Å². The molecule has 0 fully saturated rings. The van der Waals surface area contributed by atoms with Gasteiger partial charge in [-0.05, 0) is 0 Å². The van der Waals surface area contributed by atoms with Crippen LogP contribution in [0.15, 0.2) is 0 Å². The van der Waals surface area contributed by atoms with Crippen LogP contribution in [-0.4, -0.2) is 9.79 Å². The van der Waals surface area contributed by atoms with Gasteiger partial charge in [-0.3, -0.25) is 0 Å². The Labute approximate surface area is 76.8 Å². The van der Waals surface area contributed by atoms with Crippen LogP contribution < -0.4 is 5.73 Å². The molecule has 2 unspecified atom stereocenters. The molecule has 0 aromatic heterocycles. The normalized spacial score (nSPS) is 9.18. The van der Waals surface area contributed by atoms with E-state index in [2.05, 4.69) is 10.0 Å². The predicted octanol–water partition coefficient (Wildman–Crippen LogP) is -0.274. The Morgan fingerprint density at radius 2 is 1.55 bits per heavy atom. The number of rotatable bonds is 2. The largest absolute Gasteiger partial charge is 0.745 e. The molecule has 4 N–H and O–H groups in total. The Hall–Kier alpha value is -0.00662. The molecule has 0 saturated carbocycles. The number of hydrogen-bond acceptors (Lipinski definition) is 5. The van der Waals surface area contributed by atoms with Gasteiger partial charge in [0.05, 0.1) is 0 Å². The minimum absolute atomic E-state index is 0. The molecule has 0 saturated heterocycles. The average molecular weight is 251 g/mol. The van der Waals surface area contributed by atoms with Crippen molar-refractivity contribution in [1.29, 1.82) is 5.26 Å². The third-order valence-corrected chi connectivity index (χ3v) is 1.26. The molecule has 0 bridgehead atoms. The first kappa shape index (κ1) is 17.2. The maximum Gasteiger partial charge on any atom is 0.745 e. The van der Waals surface area contributed by atoms with Gasteiger partial charge in [-0.2, -0.15) is 5.26 Å². The van der Waals surface area contributed by atoms with Gasteiger partial charge in [0.2, 0.25) is 0 Å². The molecule has 0 aromatic carbocycles. The summed E-state index contributed by atoms with van der Waals surface area (Å²) in [6.45, 7) is 0. The zero-order chi connectivity index (χ0) is 8.57. The molecule has 0 aliphatic rings. The molecule has 0 amide bonds. The first-order chi connectivity index (χ1) is 4.54. The molecular formula is CH4N2O5P2Zn+2. The maximum atomic E-state index is 9.39. The van der Waals surface area contributed by atoms with Crippen LogP contribution in [0.1, 0.15) is 0 Å². The van der Waals surface area contributed by atoms with E-state index in [1.165, 1.54) is 6.19 Å². The van der Waals surface area contributed by atoms with E-state index in [1.807, 2.05) is 0 Å². The van der Waals surface area contributed by atoms with Gasteiger partial charge in [0.15, 0.2) is 10.5 Å². The molecule has 2 atom stereocenters. The third kappa shape index (κ3) is 40.0. The van der Waals surface area contributed by atoms with Crippen molar-refractivity contribution in [3.8, 4) is 6.19 Å². The summed E-state index contributed by atoms with van der Waals surface area (Å²) in [6, 6.07) is 0. The van der Waals surface area contributed by atoms with Crippen LogP contribution in [0.5, 0.6) is 0 Å². The van der Waals surface area contributed by atoms with Crippen LogP contribution in [0.2, 0.25) is 0 Å². The van der Waals surface area contributed by atoms with Gasteiger partial charge in [-0.25, -0.2) is 0 Å². The molecule has 0 spiro atoms. The zero-order valence-corrected chi connectivity index (χ0v) is 10.0. The van der Waals surface area contributed by atoms with Crippen molar-refractivity contribution < 1.29 is 42.7 Å². The fourth-order valence-corrected chi connectivity index (χ4v) is 0.538. The fourth-order valence-electron chi connectivity index (χ4n) is 0.0598. The number of nitrogens with two attached hydrogens (primary N) is 1. The van der Waals surface area contributed by atoms with Gasteiger partial charge in [0.1, 0.15) is 0 Å². The first-order valence-electron chi connectivity index (χ1n) is 1.64. The van der Waals surface area contributed by atoms with Crippen LogP contribution >= 0.6 is 16.5 Å². The van der Waals surface area contributed by atoms with E-state index < -0.39 is 16.5 Å². The topological polar surface area (TPSA) is 134 Å². The third-order valence-electron chi connectivity index (χ3n) is 0.140. The Morgan fingerprint density at radius 3 is 1.55 bits per heavy atom. The van der Waals surface area contributed by atoms with E-state index in [0.717, 1.165) is 0 Å². The van der Waals surface area contributed by atoms with Crippen LogP contribution in [-0.2, 0) is 32.9 Å². The molecular weight excluding hydrogens is 247 g/mol. The number of hydrogen-bond donors (Lipinski definition) is 3. The van der Waals surface area contributed by atoms with Crippen LogP contribution in [0.3, 0.4) is 0 Å². The summed E-state index contributed by atoms with van der Waals surface area (Å²) in [5.74, 6) is 0. The van der Waals surface area contributed by atoms with Crippen LogP contribution in [0, 0.1) is 11.5 Å². The second-order valence-corrected chi connectivity index (χ2v) is 2.29.